The molecule has 0 saturated carbocycles. The summed E-state index contributed by atoms with van der Waals surface area (Å²) in [5, 5.41) is 0.824. The maximum atomic E-state index is 12.9. The van der Waals surface area contributed by atoms with Crippen LogP contribution in [0.2, 0.25) is 5.02 Å². The summed E-state index contributed by atoms with van der Waals surface area (Å²) >= 11 is 6.26. The number of carbonyl (C=O) groups excluding carboxylic acids is 1. The Hall–Kier alpha value is -2.11. The topological polar surface area (TPSA) is 56.1 Å². The third-order valence-corrected chi connectivity index (χ3v) is 5.81. The zero-order valence-corrected chi connectivity index (χ0v) is 14.1. The number of carbonyl (C=O) groups is 1. The van der Waals surface area contributed by atoms with E-state index in [1.165, 1.54) is 6.20 Å². The first-order chi connectivity index (χ1) is 10.9. The van der Waals surface area contributed by atoms with E-state index in [0.717, 1.165) is 15.8 Å². The highest BCUT2D eigenvalue weighted by molar-refractivity contribution is 7.90. The summed E-state index contributed by atoms with van der Waals surface area (Å²) < 4.78 is 26.9. The third-order valence-electron chi connectivity index (χ3n) is 3.83. The van der Waals surface area contributed by atoms with Gasteiger partial charge in [-0.15, -0.1) is 0 Å². The summed E-state index contributed by atoms with van der Waals surface area (Å²) in [7, 11) is -3.78. The van der Waals surface area contributed by atoms with E-state index in [1.807, 2.05) is 6.92 Å². The SMILES string of the molecule is Cc1ccc(S(=O)(=O)n2ccc3c(C=O)c(C)cc(Cl)c32)cc1. The lowest BCUT2D eigenvalue weighted by Crippen LogP contribution is -2.12. The first kappa shape index (κ1) is 15.8. The smallest absolute Gasteiger partial charge is 0.268 e. The van der Waals surface area contributed by atoms with Crippen molar-refractivity contribution in [2.75, 3.05) is 0 Å². The van der Waals surface area contributed by atoms with Crippen LogP contribution in [-0.2, 0) is 10.0 Å². The number of halogens is 1. The molecule has 118 valence electrons. The minimum atomic E-state index is -3.78. The number of fused-ring (bicyclic) bond motifs is 1. The van der Waals surface area contributed by atoms with Crippen molar-refractivity contribution >= 4 is 38.8 Å². The Kier molecular flexibility index (Phi) is 3.78. The van der Waals surface area contributed by atoms with Gasteiger partial charge in [0.25, 0.3) is 10.0 Å². The number of rotatable bonds is 3. The fourth-order valence-corrected chi connectivity index (χ4v) is 4.37. The fourth-order valence-electron chi connectivity index (χ4n) is 2.59. The fraction of sp³-hybridized carbons (Fsp3) is 0.118. The number of aromatic nitrogens is 1. The maximum absolute atomic E-state index is 12.9. The van der Waals surface area contributed by atoms with Gasteiger partial charge in [0.05, 0.1) is 15.4 Å². The van der Waals surface area contributed by atoms with E-state index < -0.39 is 10.0 Å². The average Bonchev–Trinajstić information content (AvgIpc) is 2.94. The van der Waals surface area contributed by atoms with Crippen LogP contribution in [0.4, 0.5) is 0 Å². The van der Waals surface area contributed by atoms with Gasteiger partial charge in [-0.25, -0.2) is 12.4 Å². The molecule has 0 unspecified atom stereocenters. The van der Waals surface area contributed by atoms with Gasteiger partial charge in [-0.1, -0.05) is 29.3 Å². The van der Waals surface area contributed by atoms with Gasteiger partial charge in [0.15, 0.2) is 6.29 Å². The molecule has 2 aromatic carbocycles. The molecule has 0 fully saturated rings. The minimum absolute atomic E-state index is 0.171. The molecule has 0 amide bonds. The second kappa shape index (κ2) is 5.51. The quantitative estimate of drug-likeness (QED) is 0.674. The summed E-state index contributed by atoms with van der Waals surface area (Å²) in [6.07, 6.45) is 2.15. The zero-order chi connectivity index (χ0) is 16.8. The molecular weight excluding hydrogens is 334 g/mol. The van der Waals surface area contributed by atoms with Crippen LogP contribution in [0.1, 0.15) is 21.5 Å². The number of aryl methyl sites for hydroxylation is 2. The van der Waals surface area contributed by atoms with Crippen molar-refractivity contribution in [1.29, 1.82) is 0 Å². The molecule has 4 nitrogen and oxygen atoms in total. The number of benzene rings is 2. The van der Waals surface area contributed by atoms with Crippen LogP contribution in [0.3, 0.4) is 0 Å². The van der Waals surface area contributed by atoms with E-state index in [9.17, 15) is 13.2 Å². The maximum Gasteiger partial charge on any atom is 0.268 e. The predicted molar refractivity (Wildman–Crippen MR) is 90.8 cm³/mol. The van der Waals surface area contributed by atoms with E-state index in [2.05, 4.69) is 0 Å². The van der Waals surface area contributed by atoms with E-state index >= 15 is 0 Å². The van der Waals surface area contributed by atoms with Gasteiger partial charge in [0.2, 0.25) is 0 Å². The van der Waals surface area contributed by atoms with Crippen molar-refractivity contribution in [2.24, 2.45) is 0 Å². The van der Waals surface area contributed by atoms with Gasteiger partial charge >= 0.3 is 0 Å². The van der Waals surface area contributed by atoms with Crippen molar-refractivity contribution in [3.63, 3.8) is 0 Å². The molecule has 0 aliphatic carbocycles. The first-order valence-electron chi connectivity index (χ1n) is 6.94. The van der Waals surface area contributed by atoms with Crippen molar-refractivity contribution in [3.8, 4) is 0 Å². The summed E-state index contributed by atoms with van der Waals surface area (Å²) in [6.45, 7) is 3.65. The highest BCUT2D eigenvalue weighted by atomic mass is 35.5. The first-order valence-corrected chi connectivity index (χ1v) is 8.75. The van der Waals surface area contributed by atoms with Crippen LogP contribution in [0.15, 0.2) is 47.5 Å². The van der Waals surface area contributed by atoms with E-state index in [-0.39, 0.29) is 4.90 Å². The predicted octanol–water partition coefficient (Wildman–Crippen LogP) is 3.96. The summed E-state index contributed by atoms with van der Waals surface area (Å²) in [5.74, 6) is 0. The highest BCUT2D eigenvalue weighted by Crippen LogP contribution is 2.32. The van der Waals surface area contributed by atoms with Gasteiger partial charge < -0.3 is 0 Å². The molecule has 0 saturated heterocycles. The van der Waals surface area contributed by atoms with Gasteiger partial charge in [-0.2, -0.15) is 0 Å². The number of hydrogen-bond donors (Lipinski definition) is 0. The summed E-state index contributed by atoms with van der Waals surface area (Å²) in [6, 6.07) is 9.79. The van der Waals surface area contributed by atoms with E-state index in [4.69, 9.17) is 11.6 Å². The Morgan fingerprint density at radius 1 is 1.09 bits per heavy atom. The molecule has 0 aliphatic heterocycles. The molecule has 0 atom stereocenters. The molecular formula is C17H14ClNO3S. The molecule has 0 radical (unpaired) electrons. The van der Waals surface area contributed by atoms with Crippen LogP contribution >= 0.6 is 11.6 Å². The highest BCUT2D eigenvalue weighted by Gasteiger charge is 2.22. The second-order valence-electron chi connectivity index (χ2n) is 5.40. The van der Waals surface area contributed by atoms with Crippen molar-refractivity contribution < 1.29 is 13.2 Å². The number of hydrogen-bond acceptors (Lipinski definition) is 3. The van der Waals surface area contributed by atoms with Crippen LogP contribution in [-0.4, -0.2) is 18.7 Å². The van der Waals surface area contributed by atoms with Gasteiger partial charge in [0, 0.05) is 17.1 Å². The third kappa shape index (κ3) is 2.46. The lowest BCUT2D eigenvalue weighted by atomic mass is 10.1. The summed E-state index contributed by atoms with van der Waals surface area (Å²) in [4.78, 5) is 11.5. The van der Waals surface area contributed by atoms with E-state index in [0.29, 0.717) is 27.1 Å². The van der Waals surface area contributed by atoms with Crippen LogP contribution in [0, 0.1) is 13.8 Å². The van der Waals surface area contributed by atoms with Crippen molar-refractivity contribution in [1.82, 2.24) is 3.97 Å². The molecule has 0 spiro atoms. The molecule has 1 aromatic heterocycles. The minimum Gasteiger partial charge on any atom is -0.298 e. The standard InChI is InChI=1S/C17H14ClNO3S/c1-11-3-5-13(6-4-11)23(21,22)19-8-7-14-15(10-20)12(2)9-16(18)17(14)19/h3-10H,1-2H3. The zero-order valence-electron chi connectivity index (χ0n) is 12.6. The number of aldehydes is 1. The normalized spacial score (nSPS) is 11.8. The molecule has 1 heterocycles. The largest absolute Gasteiger partial charge is 0.298 e. The monoisotopic (exact) mass is 347 g/mol. The van der Waals surface area contributed by atoms with Crippen LogP contribution < -0.4 is 0 Å². The lowest BCUT2D eigenvalue weighted by molar-refractivity contribution is 0.112. The molecule has 0 bridgehead atoms. The molecule has 0 N–H and O–H groups in total. The summed E-state index contributed by atoms with van der Waals surface area (Å²) in [5.41, 5.74) is 2.45. The Bertz CT molecular complexity index is 1020. The van der Waals surface area contributed by atoms with Gasteiger partial charge in [-0.3, -0.25) is 4.79 Å². The van der Waals surface area contributed by atoms with E-state index in [1.54, 1.807) is 43.3 Å². The molecule has 3 rings (SSSR count). The van der Waals surface area contributed by atoms with Crippen LogP contribution in [0.5, 0.6) is 0 Å². The molecule has 23 heavy (non-hydrogen) atoms. The lowest BCUT2D eigenvalue weighted by Gasteiger charge is -2.10. The van der Waals surface area contributed by atoms with Crippen molar-refractivity contribution in [2.45, 2.75) is 18.7 Å². The van der Waals surface area contributed by atoms with Gasteiger partial charge in [0.1, 0.15) is 0 Å². The molecule has 6 heteroatoms. The number of nitrogens with zero attached hydrogens (tertiary/aromatic N) is 1. The Morgan fingerprint density at radius 3 is 2.35 bits per heavy atom. The molecule has 3 aromatic rings. The average molecular weight is 348 g/mol. The Labute approximate surface area is 139 Å². The Morgan fingerprint density at radius 2 is 1.74 bits per heavy atom. The second-order valence-corrected chi connectivity index (χ2v) is 7.62. The molecule has 0 aliphatic rings. The van der Waals surface area contributed by atoms with Gasteiger partial charge in [-0.05, 0) is 43.7 Å². The van der Waals surface area contributed by atoms with Crippen molar-refractivity contribution in [3.05, 3.63) is 64.3 Å². The van der Waals surface area contributed by atoms with Crippen LogP contribution in [0.25, 0.3) is 10.9 Å². The Balaban J connectivity index is 2.33.